The Morgan fingerprint density at radius 2 is 1.65 bits per heavy atom. The Bertz CT molecular complexity index is 999. The van der Waals surface area contributed by atoms with Gasteiger partial charge in [-0.05, 0) is 62.4 Å². The van der Waals surface area contributed by atoms with E-state index in [1.54, 1.807) is 28.7 Å². The summed E-state index contributed by atoms with van der Waals surface area (Å²) in [6, 6.07) is 10.6. The van der Waals surface area contributed by atoms with E-state index in [0.29, 0.717) is 30.9 Å². The van der Waals surface area contributed by atoms with E-state index < -0.39 is 10.0 Å². The lowest BCUT2D eigenvalue weighted by molar-refractivity contribution is 0.0950. The van der Waals surface area contributed by atoms with E-state index in [9.17, 15) is 13.2 Å². The number of rotatable bonds is 6. The molecule has 0 atom stereocenters. The van der Waals surface area contributed by atoms with E-state index in [4.69, 9.17) is 0 Å². The molecule has 3 heterocycles. The van der Waals surface area contributed by atoms with Crippen molar-refractivity contribution in [3.8, 4) is 0 Å². The second kappa shape index (κ2) is 9.78. The summed E-state index contributed by atoms with van der Waals surface area (Å²) < 4.78 is 28.7. The number of sulfonamides is 1. The fraction of sp³-hybridized carbons (Fsp3) is 0.478. The highest BCUT2D eigenvalue weighted by Gasteiger charge is 2.31. The molecule has 8 heteroatoms. The second-order valence-electron chi connectivity index (χ2n) is 8.20. The first-order valence-electron chi connectivity index (χ1n) is 11.1. The molecular weight excluding hydrogens is 412 g/mol. The number of anilines is 1. The van der Waals surface area contributed by atoms with Crippen molar-refractivity contribution in [2.45, 2.75) is 50.0 Å². The summed E-state index contributed by atoms with van der Waals surface area (Å²) >= 11 is 0. The molecule has 1 aromatic heterocycles. The van der Waals surface area contributed by atoms with Crippen LogP contribution in [0.5, 0.6) is 0 Å². The van der Waals surface area contributed by atoms with Crippen LogP contribution in [0.3, 0.4) is 0 Å². The molecule has 2 fully saturated rings. The van der Waals surface area contributed by atoms with E-state index in [1.807, 2.05) is 18.2 Å². The molecule has 2 aliphatic heterocycles. The summed E-state index contributed by atoms with van der Waals surface area (Å²) in [6.07, 6.45) is 7.76. The zero-order valence-electron chi connectivity index (χ0n) is 17.8. The highest BCUT2D eigenvalue weighted by atomic mass is 32.2. The van der Waals surface area contributed by atoms with E-state index in [1.165, 1.54) is 6.42 Å². The summed E-state index contributed by atoms with van der Waals surface area (Å²) in [5.41, 5.74) is 1.82. The first-order chi connectivity index (χ1) is 15.1. The third kappa shape index (κ3) is 5.07. The Hall–Kier alpha value is -2.45. The van der Waals surface area contributed by atoms with Crippen molar-refractivity contribution in [3.63, 3.8) is 0 Å². The number of hydrogen-bond acceptors (Lipinski definition) is 5. The molecule has 1 amide bonds. The predicted molar refractivity (Wildman–Crippen MR) is 121 cm³/mol. The van der Waals surface area contributed by atoms with Crippen LogP contribution < -0.4 is 10.2 Å². The Morgan fingerprint density at radius 3 is 2.32 bits per heavy atom. The van der Waals surface area contributed by atoms with Crippen LogP contribution in [0.2, 0.25) is 0 Å². The number of pyridine rings is 1. The Labute approximate surface area is 184 Å². The van der Waals surface area contributed by atoms with Crippen LogP contribution in [-0.2, 0) is 16.6 Å². The number of aromatic nitrogens is 1. The molecule has 0 unspecified atom stereocenters. The van der Waals surface area contributed by atoms with Crippen LogP contribution >= 0.6 is 0 Å². The lowest BCUT2D eigenvalue weighted by Crippen LogP contribution is -2.38. The molecule has 1 aromatic carbocycles. The minimum atomic E-state index is -3.67. The van der Waals surface area contributed by atoms with Crippen LogP contribution in [0.25, 0.3) is 0 Å². The molecule has 0 bridgehead atoms. The molecule has 2 aromatic rings. The zero-order valence-corrected chi connectivity index (χ0v) is 18.6. The SMILES string of the molecule is O=C(NCc1ccccn1)c1ccc(N2CCCCC2)c(S(=O)(=O)N2CCCCC2)c1. The monoisotopic (exact) mass is 442 g/mol. The third-order valence-corrected chi connectivity index (χ3v) is 7.94. The number of piperidine rings is 2. The maximum absolute atomic E-state index is 13.6. The Kier molecular flexibility index (Phi) is 6.87. The van der Waals surface area contributed by atoms with Gasteiger partial charge in [-0.25, -0.2) is 8.42 Å². The van der Waals surface area contributed by atoms with Crippen molar-refractivity contribution < 1.29 is 13.2 Å². The number of carbonyl (C=O) groups excluding carboxylic acids is 1. The van der Waals surface area contributed by atoms with Crippen molar-refractivity contribution in [1.29, 1.82) is 0 Å². The van der Waals surface area contributed by atoms with Crippen molar-refractivity contribution >= 4 is 21.6 Å². The molecule has 2 saturated heterocycles. The van der Waals surface area contributed by atoms with Crippen molar-refractivity contribution in [2.24, 2.45) is 0 Å². The highest BCUT2D eigenvalue weighted by Crippen LogP contribution is 2.32. The second-order valence-corrected chi connectivity index (χ2v) is 10.1. The molecule has 166 valence electrons. The first-order valence-corrected chi connectivity index (χ1v) is 12.6. The number of carbonyl (C=O) groups is 1. The minimum absolute atomic E-state index is 0.252. The molecule has 0 saturated carbocycles. The smallest absolute Gasteiger partial charge is 0.251 e. The number of amides is 1. The first kappa shape index (κ1) is 21.8. The molecule has 7 nitrogen and oxygen atoms in total. The summed E-state index contributed by atoms with van der Waals surface area (Å²) in [5.74, 6) is -0.300. The number of hydrogen-bond donors (Lipinski definition) is 1. The van der Waals surface area contributed by atoms with Gasteiger partial charge < -0.3 is 10.2 Å². The predicted octanol–water partition coefficient (Wildman–Crippen LogP) is 3.18. The van der Waals surface area contributed by atoms with Crippen LogP contribution in [0.4, 0.5) is 5.69 Å². The van der Waals surface area contributed by atoms with Gasteiger partial charge in [-0.15, -0.1) is 0 Å². The quantitative estimate of drug-likeness (QED) is 0.743. The van der Waals surface area contributed by atoms with Gasteiger partial charge in [-0.2, -0.15) is 4.31 Å². The molecule has 2 aliphatic rings. The molecule has 0 radical (unpaired) electrons. The molecular formula is C23H30N4O3S. The fourth-order valence-corrected chi connectivity index (χ4v) is 6.03. The van der Waals surface area contributed by atoms with Crippen LogP contribution in [0.15, 0.2) is 47.5 Å². The Balaban J connectivity index is 1.63. The summed E-state index contributed by atoms with van der Waals surface area (Å²) in [5, 5.41) is 2.85. The standard InChI is InChI=1S/C23H30N4O3S/c28-23(25-18-20-9-3-4-12-24-20)19-10-11-21(26-13-5-1-6-14-26)22(17-19)31(29,30)27-15-7-2-8-16-27/h3-4,9-12,17H,1-2,5-8,13-16,18H2,(H,25,28). The molecule has 0 aliphatic carbocycles. The maximum atomic E-state index is 13.6. The van der Waals surface area contributed by atoms with Crippen molar-refractivity contribution in [3.05, 3.63) is 53.9 Å². The topological polar surface area (TPSA) is 82.6 Å². The largest absolute Gasteiger partial charge is 0.370 e. The summed E-state index contributed by atoms with van der Waals surface area (Å²) in [7, 11) is -3.67. The summed E-state index contributed by atoms with van der Waals surface area (Å²) in [4.78, 5) is 19.4. The molecule has 31 heavy (non-hydrogen) atoms. The van der Waals surface area contributed by atoms with Crippen LogP contribution in [-0.4, -0.2) is 49.8 Å². The zero-order chi connectivity index (χ0) is 21.7. The average molecular weight is 443 g/mol. The van der Waals surface area contributed by atoms with Gasteiger partial charge in [-0.3, -0.25) is 9.78 Å². The van der Waals surface area contributed by atoms with E-state index in [-0.39, 0.29) is 10.8 Å². The fourth-order valence-electron chi connectivity index (χ4n) is 4.28. The van der Waals surface area contributed by atoms with Crippen LogP contribution in [0.1, 0.15) is 54.6 Å². The average Bonchev–Trinajstić information content (AvgIpc) is 2.84. The van der Waals surface area contributed by atoms with Crippen molar-refractivity contribution in [2.75, 3.05) is 31.1 Å². The number of nitrogens with one attached hydrogen (secondary N) is 1. The van der Waals surface area contributed by atoms with Gasteiger partial charge in [0.25, 0.3) is 5.91 Å². The van der Waals surface area contributed by atoms with Gasteiger partial charge in [0.1, 0.15) is 4.90 Å². The lowest BCUT2D eigenvalue weighted by Gasteiger charge is -2.33. The minimum Gasteiger partial charge on any atom is -0.370 e. The highest BCUT2D eigenvalue weighted by molar-refractivity contribution is 7.89. The van der Waals surface area contributed by atoms with Gasteiger partial charge in [0.05, 0.1) is 17.9 Å². The van der Waals surface area contributed by atoms with Crippen LogP contribution in [0, 0.1) is 0 Å². The number of benzene rings is 1. The summed E-state index contributed by atoms with van der Waals surface area (Å²) in [6.45, 7) is 3.05. The molecule has 0 spiro atoms. The van der Waals surface area contributed by atoms with Crippen molar-refractivity contribution in [1.82, 2.24) is 14.6 Å². The van der Waals surface area contributed by atoms with Gasteiger partial charge >= 0.3 is 0 Å². The van der Waals surface area contributed by atoms with E-state index in [2.05, 4.69) is 15.2 Å². The van der Waals surface area contributed by atoms with E-state index in [0.717, 1.165) is 50.9 Å². The van der Waals surface area contributed by atoms with Gasteiger partial charge in [-0.1, -0.05) is 12.5 Å². The normalized spacial score (nSPS) is 18.0. The van der Waals surface area contributed by atoms with Gasteiger partial charge in [0, 0.05) is 37.9 Å². The molecule has 1 N–H and O–H groups in total. The Morgan fingerprint density at radius 1 is 0.935 bits per heavy atom. The van der Waals surface area contributed by atoms with Gasteiger partial charge in [0.15, 0.2) is 0 Å². The molecule has 4 rings (SSSR count). The lowest BCUT2D eigenvalue weighted by atomic mass is 10.1. The van der Waals surface area contributed by atoms with E-state index >= 15 is 0 Å². The third-order valence-electron chi connectivity index (χ3n) is 6.01. The van der Waals surface area contributed by atoms with Gasteiger partial charge in [0.2, 0.25) is 10.0 Å². The number of nitrogens with zero attached hydrogens (tertiary/aromatic N) is 3. The maximum Gasteiger partial charge on any atom is 0.251 e.